The monoisotopic (exact) mass is 200 g/mol. The van der Waals surface area contributed by atoms with Crippen molar-refractivity contribution < 1.29 is 4.79 Å². The van der Waals surface area contributed by atoms with Gasteiger partial charge in [-0.2, -0.15) is 0 Å². The summed E-state index contributed by atoms with van der Waals surface area (Å²) < 4.78 is 0. The van der Waals surface area contributed by atoms with Crippen LogP contribution < -0.4 is 5.73 Å². The van der Waals surface area contributed by atoms with Crippen LogP contribution in [0.25, 0.3) is 0 Å². The van der Waals surface area contributed by atoms with Crippen LogP contribution >= 0.6 is 0 Å². The second-order valence-corrected chi connectivity index (χ2v) is 4.05. The normalized spacial score (nSPS) is 10.6. The minimum absolute atomic E-state index is 0.273. The van der Waals surface area contributed by atoms with Crippen LogP contribution in [0.15, 0.2) is 0 Å². The van der Waals surface area contributed by atoms with Gasteiger partial charge in [-0.25, -0.2) is 0 Å². The lowest BCUT2D eigenvalue weighted by atomic mass is 10.1. The average Bonchev–Trinajstić information content (AvgIpc) is 2.16. The van der Waals surface area contributed by atoms with Crippen molar-refractivity contribution in [1.29, 1.82) is 0 Å². The smallest absolute Gasteiger partial charge is 0.222 e. The van der Waals surface area contributed by atoms with E-state index in [0.717, 1.165) is 25.9 Å². The maximum absolute atomic E-state index is 11.7. The Morgan fingerprint density at radius 3 is 2.50 bits per heavy atom. The van der Waals surface area contributed by atoms with Gasteiger partial charge in [0.05, 0.1) is 0 Å². The van der Waals surface area contributed by atoms with Crippen molar-refractivity contribution in [1.82, 2.24) is 4.90 Å². The number of amides is 1. The SMILES string of the molecule is CCN(CCCN)C(=O)CCC(C)C. The molecule has 2 N–H and O–H groups in total. The molecule has 0 saturated heterocycles. The Kier molecular flexibility index (Phi) is 7.48. The Morgan fingerprint density at radius 2 is 2.07 bits per heavy atom. The molecule has 0 aliphatic rings. The second-order valence-electron chi connectivity index (χ2n) is 4.05. The van der Waals surface area contributed by atoms with Crippen LogP contribution in [0.5, 0.6) is 0 Å². The van der Waals surface area contributed by atoms with Gasteiger partial charge in [-0.15, -0.1) is 0 Å². The highest BCUT2D eigenvalue weighted by Crippen LogP contribution is 2.06. The van der Waals surface area contributed by atoms with Crippen LogP contribution in [0.4, 0.5) is 0 Å². The highest BCUT2D eigenvalue weighted by Gasteiger charge is 2.10. The molecular formula is C11H24N2O. The molecule has 3 heteroatoms. The van der Waals surface area contributed by atoms with E-state index in [1.165, 1.54) is 0 Å². The summed E-state index contributed by atoms with van der Waals surface area (Å²) in [5.41, 5.74) is 5.42. The molecule has 0 aliphatic carbocycles. The Balaban J connectivity index is 3.79. The Morgan fingerprint density at radius 1 is 1.43 bits per heavy atom. The predicted octanol–water partition coefficient (Wildman–Crippen LogP) is 1.62. The van der Waals surface area contributed by atoms with E-state index in [4.69, 9.17) is 5.73 Å². The maximum Gasteiger partial charge on any atom is 0.222 e. The van der Waals surface area contributed by atoms with Gasteiger partial charge in [0.1, 0.15) is 0 Å². The molecule has 0 radical (unpaired) electrons. The molecule has 0 heterocycles. The van der Waals surface area contributed by atoms with E-state index >= 15 is 0 Å². The molecule has 0 unspecified atom stereocenters. The lowest BCUT2D eigenvalue weighted by molar-refractivity contribution is -0.131. The molecule has 0 spiro atoms. The Bertz CT molecular complexity index is 157. The zero-order chi connectivity index (χ0) is 11.0. The van der Waals surface area contributed by atoms with Crippen molar-refractivity contribution in [2.45, 2.75) is 40.0 Å². The summed E-state index contributed by atoms with van der Waals surface area (Å²) in [6, 6.07) is 0. The molecule has 84 valence electrons. The van der Waals surface area contributed by atoms with E-state index < -0.39 is 0 Å². The van der Waals surface area contributed by atoms with Crippen LogP contribution in [0.2, 0.25) is 0 Å². The fourth-order valence-electron chi connectivity index (χ4n) is 1.31. The van der Waals surface area contributed by atoms with Crippen molar-refractivity contribution in [2.75, 3.05) is 19.6 Å². The first-order valence-corrected chi connectivity index (χ1v) is 5.59. The van der Waals surface area contributed by atoms with E-state index in [2.05, 4.69) is 13.8 Å². The highest BCUT2D eigenvalue weighted by molar-refractivity contribution is 5.76. The molecule has 0 fully saturated rings. The first-order valence-electron chi connectivity index (χ1n) is 5.59. The molecule has 3 nitrogen and oxygen atoms in total. The number of carbonyl (C=O) groups is 1. The van der Waals surface area contributed by atoms with Gasteiger partial charge in [-0.3, -0.25) is 4.79 Å². The van der Waals surface area contributed by atoms with E-state index in [0.29, 0.717) is 18.9 Å². The van der Waals surface area contributed by atoms with Gasteiger partial charge in [-0.1, -0.05) is 13.8 Å². The predicted molar refractivity (Wildman–Crippen MR) is 60.0 cm³/mol. The molecule has 0 saturated carbocycles. The van der Waals surface area contributed by atoms with Crippen molar-refractivity contribution in [3.63, 3.8) is 0 Å². The topological polar surface area (TPSA) is 46.3 Å². The first kappa shape index (κ1) is 13.4. The molecule has 14 heavy (non-hydrogen) atoms. The fourth-order valence-corrected chi connectivity index (χ4v) is 1.31. The Labute approximate surface area is 87.6 Å². The molecule has 0 aliphatic heterocycles. The molecule has 0 aromatic heterocycles. The molecule has 0 aromatic carbocycles. The van der Waals surface area contributed by atoms with Gasteiger partial charge in [0.25, 0.3) is 0 Å². The molecule has 0 bridgehead atoms. The molecule has 0 rings (SSSR count). The summed E-state index contributed by atoms with van der Waals surface area (Å²) in [4.78, 5) is 13.6. The second kappa shape index (κ2) is 7.80. The van der Waals surface area contributed by atoms with Gasteiger partial charge >= 0.3 is 0 Å². The van der Waals surface area contributed by atoms with Gasteiger partial charge in [0, 0.05) is 19.5 Å². The highest BCUT2D eigenvalue weighted by atomic mass is 16.2. The van der Waals surface area contributed by atoms with Crippen LogP contribution in [0.3, 0.4) is 0 Å². The molecule has 0 aromatic rings. The number of carbonyl (C=O) groups excluding carboxylic acids is 1. The molecule has 0 atom stereocenters. The molecular weight excluding hydrogens is 176 g/mol. The number of nitrogens with zero attached hydrogens (tertiary/aromatic N) is 1. The lowest BCUT2D eigenvalue weighted by Crippen LogP contribution is -2.32. The van der Waals surface area contributed by atoms with E-state index in [-0.39, 0.29) is 5.91 Å². The summed E-state index contributed by atoms with van der Waals surface area (Å²) in [7, 11) is 0. The van der Waals surface area contributed by atoms with Gasteiger partial charge in [0.15, 0.2) is 0 Å². The zero-order valence-electron chi connectivity index (χ0n) is 9.75. The summed E-state index contributed by atoms with van der Waals surface area (Å²) in [5.74, 6) is 0.877. The summed E-state index contributed by atoms with van der Waals surface area (Å²) >= 11 is 0. The molecule has 1 amide bonds. The number of rotatable bonds is 7. The maximum atomic E-state index is 11.7. The van der Waals surface area contributed by atoms with Crippen molar-refractivity contribution >= 4 is 5.91 Å². The zero-order valence-corrected chi connectivity index (χ0v) is 9.75. The number of nitrogens with two attached hydrogens (primary N) is 1. The number of hydrogen-bond donors (Lipinski definition) is 1. The van der Waals surface area contributed by atoms with Gasteiger partial charge < -0.3 is 10.6 Å². The standard InChI is InChI=1S/C11H24N2O/c1-4-13(9-5-8-12)11(14)7-6-10(2)3/h10H,4-9,12H2,1-3H3. The van der Waals surface area contributed by atoms with Crippen LogP contribution in [0.1, 0.15) is 40.0 Å². The summed E-state index contributed by atoms with van der Waals surface area (Å²) in [6.07, 6.45) is 2.56. The minimum Gasteiger partial charge on any atom is -0.343 e. The third kappa shape index (κ3) is 5.97. The van der Waals surface area contributed by atoms with Crippen LogP contribution in [0, 0.1) is 5.92 Å². The van der Waals surface area contributed by atoms with Crippen molar-refractivity contribution in [2.24, 2.45) is 11.7 Å². The quantitative estimate of drug-likeness (QED) is 0.679. The summed E-state index contributed by atoms with van der Waals surface area (Å²) in [6.45, 7) is 8.57. The van der Waals surface area contributed by atoms with E-state index in [1.807, 2.05) is 11.8 Å². The lowest BCUT2D eigenvalue weighted by Gasteiger charge is -2.20. The summed E-state index contributed by atoms with van der Waals surface area (Å²) in [5, 5.41) is 0. The first-order chi connectivity index (χ1) is 6.61. The van der Waals surface area contributed by atoms with Crippen LogP contribution in [-0.4, -0.2) is 30.4 Å². The van der Waals surface area contributed by atoms with E-state index in [9.17, 15) is 4.79 Å². The third-order valence-electron chi connectivity index (χ3n) is 2.30. The van der Waals surface area contributed by atoms with Crippen LogP contribution in [-0.2, 0) is 4.79 Å². The van der Waals surface area contributed by atoms with Gasteiger partial charge in [-0.05, 0) is 32.2 Å². The largest absolute Gasteiger partial charge is 0.343 e. The average molecular weight is 200 g/mol. The fraction of sp³-hybridized carbons (Fsp3) is 0.909. The third-order valence-corrected chi connectivity index (χ3v) is 2.30. The van der Waals surface area contributed by atoms with Crippen molar-refractivity contribution in [3.05, 3.63) is 0 Å². The number of hydrogen-bond acceptors (Lipinski definition) is 2. The Hall–Kier alpha value is -0.570. The minimum atomic E-state index is 0.273. The van der Waals surface area contributed by atoms with Crippen molar-refractivity contribution in [3.8, 4) is 0 Å². The van der Waals surface area contributed by atoms with E-state index in [1.54, 1.807) is 0 Å². The van der Waals surface area contributed by atoms with Gasteiger partial charge in [0.2, 0.25) is 5.91 Å².